The van der Waals surface area contributed by atoms with Gasteiger partial charge in [-0.25, -0.2) is 13.1 Å². The molecule has 0 fully saturated rings. The number of thioether (sulfide) groups is 1. The Morgan fingerprint density at radius 1 is 1.23 bits per heavy atom. The Labute approximate surface area is 183 Å². The molecule has 11 heteroatoms. The lowest BCUT2D eigenvalue weighted by molar-refractivity contribution is -0.116. The highest BCUT2D eigenvalue weighted by atomic mass is 35.5. The van der Waals surface area contributed by atoms with Gasteiger partial charge in [-0.1, -0.05) is 23.7 Å². The molecular formula is C19H19ClN4O4S2. The summed E-state index contributed by atoms with van der Waals surface area (Å²) in [6.45, 7) is -0.270. The average Bonchev–Trinajstić information content (AvgIpc) is 3.04. The van der Waals surface area contributed by atoms with Crippen molar-refractivity contribution in [2.75, 3.05) is 24.4 Å². The van der Waals surface area contributed by atoms with Gasteiger partial charge in [0.1, 0.15) is 28.0 Å². The second-order valence-electron chi connectivity index (χ2n) is 6.09. The highest BCUT2D eigenvalue weighted by molar-refractivity contribution is 7.99. The number of aromatic nitrogens is 2. The number of nitrogen functional groups attached to an aromatic ring is 1. The SMILES string of the molecule is COc1ccccc1NC(=O)Cn1nc(SC)c(S(=O)(=O)c2ccc(Cl)cc2)c1N. The van der Waals surface area contributed by atoms with Gasteiger partial charge in [-0.2, -0.15) is 5.10 Å². The second-order valence-corrected chi connectivity index (χ2v) is 9.21. The molecule has 0 saturated heterocycles. The molecule has 1 amide bonds. The highest BCUT2D eigenvalue weighted by Crippen LogP contribution is 2.34. The Bertz CT molecular complexity index is 1180. The lowest BCUT2D eigenvalue weighted by atomic mass is 10.3. The Morgan fingerprint density at radius 3 is 2.53 bits per heavy atom. The number of para-hydroxylation sites is 2. The lowest BCUT2D eigenvalue weighted by Crippen LogP contribution is -2.21. The predicted octanol–water partition coefficient (Wildman–Crippen LogP) is 3.32. The molecule has 3 rings (SSSR count). The van der Waals surface area contributed by atoms with Crippen LogP contribution in [0.5, 0.6) is 5.75 Å². The summed E-state index contributed by atoms with van der Waals surface area (Å²) in [6.07, 6.45) is 1.68. The van der Waals surface area contributed by atoms with Gasteiger partial charge in [-0.05, 0) is 42.7 Å². The van der Waals surface area contributed by atoms with Crippen LogP contribution < -0.4 is 15.8 Å². The summed E-state index contributed by atoms with van der Waals surface area (Å²) >= 11 is 6.98. The van der Waals surface area contributed by atoms with Crippen molar-refractivity contribution in [3.63, 3.8) is 0 Å². The third-order valence-electron chi connectivity index (χ3n) is 4.18. The molecule has 1 aromatic heterocycles. The van der Waals surface area contributed by atoms with E-state index in [-0.39, 0.29) is 27.2 Å². The molecule has 0 aliphatic rings. The number of anilines is 2. The summed E-state index contributed by atoms with van der Waals surface area (Å²) in [4.78, 5) is 12.4. The zero-order valence-electron chi connectivity index (χ0n) is 16.1. The second kappa shape index (κ2) is 8.99. The zero-order valence-corrected chi connectivity index (χ0v) is 18.5. The van der Waals surface area contributed by atoms with Gasteiger partial charge in [0.15, 0.2) is 0 Å². The zero-order chi connectivity index (χ0) is 21.9. The van der Waals surface area contributed by atoms with Crippen LogP contribution in [0.4, 0.5) is 11.5 Å². The molecule has 0 aliphatic carbocycles. The van der Waals surface area contributed by atoms with E-state index in [0.29, 0.717) is 16.5 Å². The van der Waals surface area contributed by atoms with E-state index in [9.17, 15) is 13.2 Å². The lowest BCUT2D eigenvalue weighted by Gasteiger charge is -2.10. The number of carbonyl (C=O) groups is 1. The van der Waals surface area contributed by atoms with Crippen molar-refractivity contribution in [2.45, 2.75) is 21.4 Å². The van der Waals surface area contributed by atoms with Crippen LogP contribution in [0.25, 0.3) is 0 Å². The van der Waals surface area contributed by atoms with Crippen LogP contribution in [-0.4, -0.2) is 37.5 Å². The minimum atomic E-state index is -3.95. The first-order chi connectivity index (χ1) is 14.3. The normalized spacial score (nSPS) is 11.3. The van der Waals surface area contributed by atoms with Crippen molar-refractivity contribution in [1.82, 2.24) is 9.78 Å². The topological polar surface area (TPSA) is 116 Å². The van der Waals surface area contributed by atoms with Crippen molar-refractivity contribution >= 4 is 50.6 Å². The number of hydrogen-bond donors (Lipinski definition) is 2. The van der Waals surface area contributed by atoms with Crippen molar-refractivity contribution in [3.8, 4) is 5.75 Å². The largest absolute Gasteiger partial charge is 0.495 e. The number of nitrogens with one attached hydrogen (secondary N) is 1. The number of carbonyl (C=O) groups excluding carboxylic acids is 1. The Hall–Kier alpha value is -2.69. The first-order valence-corrected chi connectivity index (χ1v) is 11.7. The van der Waals surface area contributed by atoms with Crippen LogP contribution in [0.3, 0.4) is 0 Å². The van der Waals surface area contributed by atoms with Crippen LogP contribution in [0.1, 0.15) is 0 Å². The number of amides is 1. The number of methoxy groups -OCH3 is 1. The van der Waals surface area contributed by atoms with Crippen molar-refractivity contribution in [3.05, 3.63) is 53.6 Å². The first-order valence-electron chi connectivity index (χ1n) is 8.61. The third-order valence-corrected chi connectivity index (χ3v) is 7.06. The number of ether oxygens (including phenoxy) is 1. The van der Waals surface area contributed by atoms with E-state index in [2.05, 4.69) is 10.4 Å². The number of nitrogens with two attached hydrogens (primary N) is 1. The number of sulfone groups is 1. The van der Waals surface area contributed by atoms with E-state index in [1.165, 1.54) is 36.1 Å². The number of nitrogens with zero attached hydrogens (tertiary/aromatic N) is 2. The molecule has 3 aromatic rings. The highest BCUT2D eigenvalue weighted by Gasteiger charge is 2.29. The van der Waals surface area contributed by atoms with E-state index in [0.717, 1.165) is 11.8 Å². The van der Waals surface area contributed by atoms with Crippen molar-refractivity contribution in [1.29, 1.82) is 0 Å². The fourth-order valence-electron chi connectivity index (χ4n) is 2.75. The quantitative estimate of drug-likeness (QED) is 0.513. The average molecular weight is 467 g/mol. The molecule has 0 unspecified atom stereocenters. The third kappa shape index (κ3) is 4.40. The summed E-state index contributed by atoms with van der Waals surface area (Å²) in [5.74, 6) is -0.0589. The van der Waals surface area contributed by atoms with Crippen LogP contribution >= 0.6 is 23.4 Å². The van der Waals surface area contributed by atoms with Crippen LogP contribution in [0.15, 0.2) is 63.3 Å². The molecule has 8 nitrogen and oxygen atoms in total. The molecule has 0 bridgehead atoms. The standard InChI is InChI=1S/C19H19ClN4O4S2/c1-28-15-6-4-3-5-14(15)22-16(25)11-24-18(21)17(19(23-24)29-2)30(26,27)13-9-7-12(20)8-10-13/h3-10H,11,21H2,1-2H3,(H,22,25). The van der Waals surface area contributed by atoms with E-state index >= 15 is 0 Å². The van der Waals surface area contributed by atoms with Crippen LogP contribution in [0, 0.1) is 0 Å². The summed E-state index contributed by atoms with van der Waals surface area (Å²) in [5.41, 5.74) is 6.59. The Kier molecular flexibility index (Phi) is 6.59. The fraction of sp³-hybridized carbons (Fsp3) is 0.158. The van der Waals surface area contributed by atoms with Crippen molar-refractivity contribution < 1.29 is 17.9 Å². The van der Waals surface area contributed by atoms with Gasteiger partial charge in [0.2, 0.25) is 15.7 Å². The number of halogens is 1. The van der Waals surface area contributed by atoms with Gasteiger partial charge in [0.05, 0.1) is 17.7 Å². The first kappa shape index (κ1) is 22.0. The van der Waals surface area contributed by atoms with E-state index in [1.807, 2.05) is 0 Å². The molecule has 3 N–H and O–H groups in total. The summed E-state index contributed by atoms with van der Waals surface area (Å²) in [5, 5.41) is 7.54. The number of rotatable bonds is 7. The van der Waals surface area contributed by atoms with Gasteiger partial charge in [0, 0.05) is 5.02 Å². The molecule has 1 heterocycles. The number of benzene rings is 2. The van der Waals surface area contributed by atoms with E-state index < -0.39 is 15.7 Å². The summed E-state index contributed by atoms with van der Waals surface area (Å²) in [7, 11) is -2.46. The molecule has 0 spiro atoms. The molecule has 0 radical (unpaired) electrons. The Balaban J connectivity index is 1.92. The molecule has 158 valence electrons. The monoisotopic (exact) mass is 466 g/mol. The predicted molar refractivity (Wildman–Crippen MR) is 117 cm³/mol. The maximum Gasteiger partial charge on any atom is 0.246 e. The van der Waals surface area contributed by atoms with Gasteiger partial charge in [-0.3, -0.25) is 4.79 Å². The van der Waals surface area contributed by atoms with Gasteiger partial charge in [-0.15, -0.1) is 11.8 Å². The fourth-order valence-corrected chi connectivity index (χ4v) is 5.30. The van der Waals surface area contributed by atoms with Crippen LogP contribution in [0.2, 0.25) is 5.02 Å². The summed E-state index contributed by atoms with van der Waals surface area (Å²) in [6, 6.07) is 12.7. The molecule has 0 saturated carbocycles. The molecule has 2 aromatic carbocycles. The Morgan fingerprint density at radius 2 is 1.90 bits per heavy atom. The number of hydrogen-bond acceptors (Lipinski definition) is 7. The van der Waals surface area contributed by atoms with Crippen molar-refractivity contribution in [2.24, 2.45) is 0 Å². The smallest absolute Gasteiger partial charge is 0.246 e. The minimum Gasteiger partial charge on any atom is -0.495 e. The maximum atomic E-state index is 13.1. The van der Waals surface area contributed by atoms with Gasteiger partial charge in [0.25, 0.3) is 0 Å². The molecule has 0 atom stereocenters. The maximum absolute atomic E-state index is 13.1. The molecule has 0 aliphatic heterocycles. The van der Waals surface area contributed by atoms with E-state index in [4.69, 9.17) is 22.1 Å². The molecular weight excluding hydrogens is 448 g/mol. The minimum absolute atomic E-state index is 0.0342. The molecule has 30 heavy (non-hydrogen) atoms. The van der Waals surface area contributed by atoms with Gasteiger partial charge < -0.3 is 15.8 Å². The van der Waals surface area contributed by atoms with Gasteiger partial charge >= 0.3 is 0 Å². The summed E-state index contributed by atoms with van der Waals surface area (Å²) < 4.78 is 32.6. The van der Waals surface area contributed by atoms with E-state index in [1.54, 1.807) is 30.5 Å². The van der Waals surface area contributed by atoms with Crippen LogP contribution in [-0.2, 0) is 21.2 Å².